The van der Waals surface area contributed by atoms with Crippen LogP contribution in [0.2, 0.25) is 0 Å². The molecule has 20 nitrogen and oxygen atoms in total. The van der Waals surface area contributed by atoms with Gasteiger partial charge in [-0.05, 0) is 64.1 Å². The van der Waals surface area contributed by atoms with Crippen molar-refractivity contribution < 1.29 is 38.3 Å². The number of rotatable bonds is 19. The summed E-state index contributed by atoms with van der Waals surface area (Å²) < 4.78 is 1.28. The van der Waals surface area contributed by atoms with Crippen LogP contribution in [0.25, 0.3) is 0 Å². The Morgan fingerprint density at radius 3 is 0.911 bits per heavy atom. The number of nitrogens with one attached hydrogen (secondary N) is 6. The van der Waals surface area contributed by atoms with Crippen molar-refractivity contribution in [3.05, 3.63) is 103 Å². The molecule has 0 heterocycles. The van der Waals surface area contributed by atoms with E-state index in [4.69, 9.17) is 0 Å². The first-order valence-corrected chi connectivity index (χ1v) is 17.7. The lowest BCUT2D eigenvalue weighted by atomic mass is 10.3. The summed E-state index contributed by atoms with van der Waals surface area (Å²) in [6.45, 7) is 15.7. The van der Waals surface area contributed by atoms with Crippen LogP contribution in [0.5, 0.6) is 0 Å². The van der Waals surface area contributed by atoms with Crippen LogP contribution in [0.1, 0.15) is 27.7 Å². The minimum atomic E-state index is -0.555. The summed E-state index contributed by atoms with van der Waals surface area (Å²) in [5.41, 5.74) is 0.703. The monoisotopic (exact) mass is 787 g/mol. The summed E-state index contributed by atoms with van der Waals surface area (Å²) in [4.78, 5) is 69.5. The quantitative estimate of drug-likeness (QED) is 0.0587. The van der Waals surface area contributed by atoms with Gasteiger partial charge in [0.25, 0.3) is 17.1 Å². The lowest BCUT2D eigenvalue weighted by molar-refractivity contribution is -0.921. The second-order valence-corrected chi connectivity index (χ2v) is 12.0. The van der Waals surface area contributed by atoms with Crippen molar-refractivity contribution in [2.24, 2.45) is 0 Å². The molecule has 3 aromatic carbocycles. The molecule has 0 aliphatic heterocycles. The van der Waals surface area contributed by atoms with Crippen molar-refractivity contribution in [3.63, 3.8) is 0 Å². The number of nitro groups is 3. The van der Waals surface area contributed by atoms with E-state index in [2.05, 4.69) is 59.6 Å². The standard InChI is InChI=1S/C27H30N10O9.C8H20N.FH/c38-25(31-19-1-7-22(8-2-19)35(41)42)28-13-16-34(17-14-29-26(39)32-20-3-9-23(10-4-20)36(43)44)18-15-30-27(40)33-21-5-11-24(12-6-21)37(45)46;1-5-9(6-2,7-3)8-4;/h1-12H,13-18H2,(H2,28,31,38)(H2,29,32,39)(H2,30,33,40);5-8H2,1-4H3;1H/q;+1;/p-1. The van der Waals surface area contributed by atoms with Crippen molar-refractivity contribution in [1.29, 1.82) is 0 Å². The third kappa shape index (κ3) is 17.1. The molecule has 0 spiro atoms. The molecule has 0 unspecified atom stereocenters. The fourth-order valence-electron chi connectivity index (χ4n) is 5.18. The first-order valence-electron chi connectivity index (χ1n) is 17.7. The molecule has 21 heteroatoms. The molecular weight excluding hydrogens is 737 g/mol. The first-order chi connectivity index (χ1) is 26.2. The molecule has 0 saturated heterocycles. The molecule has 0 saturated carbocycles. The number of quaternary nitrogens is 1. The molecule has 56 heavy (non-hydrogen) atoms. The molecule has 6 N–H and O–H groups in total. The van der Waals surface area contributed by atoms with Gasteiger partial charge >= 0.3 is 18.1 Å². The van der Waals surface area contributed by atoms with E-state index in [9.17, 15) is 44.7 Å². The number of nitrogens with zero attached hydrogens (tertiary/aromatic N) is 5. The minimum Gasteiger partial charge on any atom is -1.00 e. The highest BCUT2D eigenvalue weighted by atomic mass is 19.0. The molecule has 3 aromatic rings. The zero-order valence-electron chi connectivity index (χ0n) is 31.8. The summed E-state index contributed by atoms with van der Waals surface area (Å²) >= 11 is 0. The van der Waals surface area contributed by atoms with E-state index in [0.717, 1.165) is 0 Å². The van der Waals surface area contributed by atoms with Crippen LogP contribution >= 0.6 is 0 Å². The maximum atomic E-state index is 12.3. The van der Waals surface area contributed by atoms with E-state index in [1.807, 2.05) is 4.90 Å². The number of hydrogen-bond donors (Lipinski definition) is 6. The lowest BCUT2D eigenvalue weighted by Gasteiger charge is -2.34. The number of amides is 6. The molecule has 0 radical (unpaired) electrons. The van der Waals surface area contributed by atoms with Crippen molar-refractivity contribution in [1.82, 2.24) is 20.9 Å². The van der Waals surface area contributed by atoms with Gasteiger partial charge in [-0.15, -0.1) is 0 Å². The van der Waals surface area contributed by atoms with Gasteiger partial charge in [0.2, 0.25) is 0 Å². The number of nitro benzene ring substituents is 3. The van der Waals surface area contributed by atoms with Crippen molar-refractivity contribution in [2.45, 2.75) is 27.7 Å². The Hall–Kier alpha value is -6.48. The number of carbonyl (C=O) groups excluding carboxylic acids is 3. The van der Waals surface area contributed by atoms with E-state index >= 15 is 0 Å². The van der Waals surface area contributed by atoms with Crippen LogP contribution in [-0.4, -0.2) is 108 Å². The molecule has 0 aliphatic carbocycles. The van der Waals surface area contributed by atoms with Gasteiger partial charge < -0.3 is 41.1 Å². The molecular formula is C35H50FN11O9. The minimum absolute atomic E-state index is 0. The summed E-state index contributed by atoms with van der Waals surface area (Å²) in [6, 6.07) is 14.3. The summed E-state index contributed by atoms with van der Waals surface area (Å²) in [5, 5.41) is 48.1. The van der Waals surface area contributed by atoms with Crippen molar-refractivity contribution >= 4 is 52.2 Å². The lowest BCUT2D eigenvalue weighted by Crippen LogP contribution is -3.00. The van der Waals surface area contributed by atoms with Crippen LogP contribution in [0.3, 0.4) is 0 Å². The van der Waals surface area contributed by atoms with E-state index < -0.39 is 32.9 Å². The third-order valence-corrected chi connectivity index (χ3v) is 8.83. The molecule has 0 bridgehead atoms. The number of non-ortho nitro benzene ring substituents is 3. The molecule has 0 fully saturated rings. The number of urea groups is 3. The van der Waals surface area contributed by atoms with Gasteiger partial charge in [0.1, 0.15) is 0 Å². The van der Waals surface area contributed by atoms with Crippen LogP contribution in [0, 0.1) is 30.3 Å². The molecule has 0 aromatic heterocycles. The second-order valence-electron chi connectivity index (χ2n) is 12.0. The van der Waals surface area contributed by atoms with E-state index in [-0.39, 0.29) is 41.4 Å². The third-order valence-electron chi connectivity index (χ3n) is 8.83. The Kier molecular flexibility index (Phi) is 21.0. The highest BCUT2D eigenvalue weighted by Crippen LogP contribution is 2.17. The topological polar surface area (TPSA) is 256 Å². The van der Waals surface area contributed by atoms with Gasteiger partial charge in [0, 0.05) is 92.7 Å². The zero-order valence-corrected chi connectivity index (χ0v) is 31.8. The van der Waals surface area contributed by atoms with E-state index in [0.29, 0.717) is 36.7 Å². The predicted molar refractivity (Wildman–Crippen MR) is 209 cm³/mol. The highest BCUT2D eigenvalue weighted by molar-refractivity contribution is 5.90. The number of benzene rings is 3. The molecule has 306 valence electrons. The van der Waals surface area contributed by atoms with Crippen LogP contribution in [-0.2, 0) is 0 Å². The summed E-state index contributed by atoms with van der Waals surface area (Å²) in [6.07, 6.45) is 0. The Morgan fingerprint density at radius 2 is 0.732 bits per heavy atom. The molecule has 3 rings (SSSR count). The molecule has 0 aliphatic rings. The summed E-state index contributed by atoms with van der Waals surface area (Å²) in [7, 11) is 0. The fraction of sp³-hybridized carbons (Fsp3) is 0.400. The Bertz CT molecular complexity index is 1510. The number of anilines is 3. The maximum absolute atomic E-state index is 12.3. The fourth-order valence-corrected chi connectivity index (χ4v) is 5.18. The largest absolute Gasteiger partial charge is 1.00 e. The van der Waals surface area contributed by atoms with E-state index in [1.165, 1.54) is 103 Å². The number of carbonyl (C=O) groups is 3. The van der Waals surface area contributed by atoms with Crippen molar-refractivity contribution in [3.8, 4) is 0 Å². The van der Waals surface area contributed by atoms with Crippen LogP contribution < -0.4 is 36.6 Å². The summed E-state index contributed by atoms with van der Waals surface area (Å²) in [5.74, 6) is 0. The smallest absolute Gasteiger partial charge is 0.319 e. The van der Waals surface area contributed by atoms with Crippen LogP contribution in [0.4, 0.5) is 48.5 Å². The SMILES string of the molecule is CC[N+](CC)(CC)CC.O=C(NCCN(CCNC(=O)Nc1ccc([N+](=O)[O-])cc1)CCNC(=O)Nc1ccc([N+](=O)[O-])cc1)Nc1ccc([N+](=O)[O-])cc1.[F-]. The normalized spacial score (nSPS) is 10.4. The predicted octanol–water partition coefficient (Wildman–Crippen LogP) is 2.36. The van der Waals surface area contributed by atoms with Gasteiger partial charge in [-0.3, -0.25) is 35.2 Å². The molecule has 0 atom stereocenters. The highest BCUT2D eigenvalue weighted by Gasteiger charge is 2.16. The zero-order chi connectivity index (χ0) is 40.8. The Balaban J connectivity index is 0.00000139. The Morgan fingerprint density at radius 1 is 0.500 bits per heavy atom. The maximum Gasteiger partial charge on any atom is 0.319 e. The van der Waals surface area contributed by atoms with Gasteiger partial charge in [-0.1, -0.05) is 0 Å². The van der Waals surface area contributed by atoms with Crippen LogP contribution in [0.15, 0.2) is 72.8 Å². The second kappa shape index (κ2) is 24.8. The number of hydrogen-bond acceptors (Lipinski definition) is 10. The van der Waals surface area contributed by atoms with Gasteiger partial charge in [-0.25, -0.2) is 14.4 Å². The Labute approximate surface area is 323 Å². The van der Waals surface area contributed by atoms with Gasteiger partial charge in [0.15, 0.2) is 0 Å². The first kappa shape index (κ1) is 47.5. The number of halogens is 1. The average Bonchev–Trinajstić information content (AvgIpc) is 3.16. The van der Waals surface area contributed by atoms with E-state index in [1.54, 1.807) is 0 Å². The van der Waals surface area contributed by atoms with Gasteiger partial charge in [-0.2, -0.15) is 0 Å². The molecule has 6 amide bonds. The van der Waals surface area contributed by atoms with Crippen molar-refractivity contribution in [2.75, 3.05) is 81.4 Å². The average molecular weight is 788 g/mol. The van der Waals surface area contributed by atoms with Gasteiger partial charge in [0.05, 0.1) is 40.9 Å².